The number of nitrogens with one attached hydrogen (secondary N) is 2. The van der Waals surface area contributed by atoms with Gasteiger partial charge in [-0.05, 0) is 97.1 Å². The van der Waals surface area contributed by atoms with Crippen molar-refractivity contribution >= 4 is 11.8 Å². The average Bonchev–Trinajstić information content (AvgIpc) is 3.01. The Morgan fingerprint density at radius 1 is 1.18 bits per heavy atom. The van der Waals surface area contributed by atoms with Crippen LogP contribution in [0.3, 0.4) is 0 Å². The van der Waals surface area contributed by atoms with Crippen LogP contribution < -0.4 is 10.6 Å². The van der Waals surface area contributed by atoms with Crippen LogP contribution in [0.5, 0.6) is 0 Å². The lowest BCUT2D eigenvalue weighted by molar-refractivity contribution is -0.292. The van der Waals surface area contributed by atoms with E-state index < -0.39 is 60.0 Å². The fourth-order valence-electron chi connectivity index (χ4n) is 8.87. The molecular formula is C34H56N2O8. The van der Waals surface area contributed by atoms with Gasteiger partial charge in [-0.1, -0.05) is 19.4 Å². The number of carbonyl (C=O) groups is 2. The van der Waals surface area contributed by atoms with Crippen molar-refractivity contribution in [2.45, 2.75) is 140 Å². The molecule has 0 aromatic rings. The first kappa shape index (κ1) is 33.9. The number of piperidine rings is 1. The molecule has 10 heteroatoms. The number of carbonyl (C=O) groups excluding carboxylic acids is 2. The number of hydrogen-bond acceptors (Lipinski definition) is 10. The third-order valence-electron chi connectivity index (χ3n) is 11.5. The molecule has 5 rings (SSSR count). The van der Waals surface area contributed by atoms with E-state index in [9.17, 15) is 24.9 Å². The molecule has 0 spiro atoms. The molecule has 3 heterocycles. The molecule has 250 valence electrons. The molecule has 0 aromatic heterocycles. The molecule has 5 fully saturated rings. The Morgan fingerprint density at radius 2 is 1.98 bits per heavy atom. The summed E-state index contributed by atoms with van der Waals surface area (Å²) in [6.45, 7) is 9.27. The summed E-state index contributed by atoms with van der Waals surface area (Å²) < 4.78 is 19.8. The Bertz CT molecular complexity index is 1030. The Morgan fingerprint density at radius 3 is 2.64 bits per heavy atom. The van der Waals surface area contributed by atoms with E-state index in [-0.39, 0.29) is 30.6 Å². The summed E-state index contributed by atoms with van der Waals surface area (Å²) in [5, 5.41) is 39.6. The summed E-state index contributed by atoms with van der Waals surface area (Å²) in [7, 11) is 0. The number of fused-ring (bicyclic) bond motifs is 2. The summed E-state index contributed by atoms with van der Waals surface area (Å²) in [6.07, 6.45) is 5.68. The molecule has 44 heavy (non-hydrogen) atoms. The van der Waals surface area contributed by atoms with Gasteiger partial charge in [0.25, 0.3) is 0 Å². The zero-order valence-corrected chi connectivity index (χ0v) is 27.1. The van der Waals surface area contributed by atoms with Gasteiger partial charge in [-0.15, -0.1) is 0 Å². The van der Waals surface area contributed by atoms with Crippen LogP contribution in [-0.2, 0) is 23.8 Å². The molecule has 0 aromatic carbocycles. The van der Waals surface area contributed by atoms with Crippen molar-refractivity contribution in [3.8, 4) is 0 Å². The summed E-state index contributed by atoms with van der Waals surface area (Å²) >= 11 is 0. The molecule has 2 saturated carbocycles. The SMILES string of the molecule is CC=C(C)C(=O)O[C@@H]1CC2C(O)C3C(=O)CC(CO)OC3C(C3CCCC(O)C3)C2O[C@]1(C)CCC1CCC(NCC)NC1. The monoisotopic (exact) mass is 620 g/mol. The van der Waals surface area contributed by atoms with Gasteiger partial charge >= 0.3 is 5.97 Å². The first-order chi connectivity index (χ1) is 21.1. The quantitative estimate of drug-likeness (QED) is 0.193. The van der Waals surface area contributed by atoms with Crippen molar-refractivity contribution in [2.24, 2.45) is 29.6 Å². The number of aliphatic hydroxyl groups is 3. The van der Waals surface area contributed by atoms with Crippen molar-refractivity contribution in [1.82, 2.24) is 10.6 Å². The Labute approximate surface area is 262 Å². The highest BCUT2D eigenvalue weighted by atomic mass is 16.6. The van der Waals surface area contributed by atoms with Gasteiger partial charge in [0.1, 0.15) is 17.5 Å². The number of rotatable bonds is 9. The highest BCUT2D eigenvalue weighted by Gasteiger charge is 2.62. The van der Waals surface area contributed by atoms with E-state index in [2.05, 4.69) is 17.6 Å². The summed E-state index contributed by atoms with van der Waals surface area (Å²) in [4.78, 5) is 26.6. The highest BCUT2D eigenvalue weighted by Crippen LogP contribution is 2.53. The van der Waals surface area contributed by atoms with Crippen LogP contribution in [0.15, 0.2) is 11.6 Å². The fraction of sp³-hybridized carbons (Fsp3) is 0.882. The Balaban J connectivity index is 1.44. The maximum atomic E-state index is 13.5. The molecule has 5 N–H and O–H groups in total. The summed E-state index contributed by atoms with van der Waals surface area (Å²) in [6, 6.07) is 0. The number of aliphatic hydroxyl groups excluding tert-OH is 3. The zero-order valence-electron chi connectivity index (χ0n) is 27.1. The van der Waals surface area contributed by atoms with Crippen molar-refractivity contribution in [2.75, 3.05) is 19.7 Å². The lowest BCUT2D eigenvalue weighted by Gasteiger charge is -2.59. The predicted octanol–water partition coefficient (Wildman–Crippen LogP) is 2.62. The molecule has 5 aliphatic rings. The molecule has 0 amide bonds. The highest BCUT2D eigenvalue weighted by molar-refractivity contribution is 5.87. The van der Waals surface area contributed by atoms with E-state index in [1.165, 1.54) is 0 Å². The summed E-state index contributed by atoms with van der Waals surface area (Å²) in [5.74, 6) is -1.36. The van der Waals surface area contributed by atoms with E-state index >= 15 is 0 Å². The third-order valence-corrected chi connectivity index (χ3v) is 11.5. The maximum absolute atomic E-state index is 13.5. The second kappa shape index (κ2) is 14.6. The van der Waals surface area contributed by atoms with Crippen LogP contribution in [0.4, 0.5) is 0 Å². The van der Waals surface area contributed by atoms with Gasteiger partial charge in [0.15, 0.2) is 0 Å². The fourth-order valence-corrected chi connectivity index (χ4v) is 8.87. The van der Waals surface area contributed by atoms with E-state index in [1.54, 1.807) is 13.0 Å². The number of Topliss-reactive ketones (excluding diaryl/α,β-unsaturated/α-hetero) is 1. The van der Waals surface area contributed by atoms with Crippen LogP contribution in [0.25, 0.3) is 0 Å². The van der Waals surface area contributed by atoms with Crippen LogP contribution in [0.1, 0.15) is 91.9 Å². The minimum Gasteiger partial charge on any atom is -0.456 e. The molecule has 0 bridgehead atoms. The van der Waals surface area contributed by atoms with Crippen molar-refractivity contribution < 1.29 is 39.1 Å². The molecule has 3 saturated heterocycles. The third kappa shape index (κ3) is 7.11. The second-order valence-electron chi connectivity index (χ2n) is 14.4. The van der Waals surface area contributed by atoms with Gasteiger partial charge in [-0.3, -0.25) is 4.79 Å². The molecule has 10 nitrogen and oxygen atoms in total. The summed E-state index contributed by atoms with van der Waals surface area (Å²) in [5.41, 5.74) is -0.291. The van der Waals surface area contributed by atoms with Crippen LogP contribution in [0.2, 0.25) is 0 Å². The predicted molar refractivity (Wildman–Crippen MR) is 164 cm³/mol. The molecule has 13 atom stereocenters. The molecule has 3 aliphatic heterocycles. The number of hydrogen-bond donors (Lipinski definition) is 5. The van der Waals surface area contributed by atoms with Crippen molar-refractivity contribution in [3.63, 3.8) is 0 Å². The number of ether oxygens (including phenoxy) is 3. The average molecular weight is 621 g/mol. The lowest BCUT2D eigenvalue weighted by Crippen LogP contribution is -2.69. The maximum Gasteiger partial charge on any atom is 0.333 e. The van der Waals surface area contributed by atoms with Gasteiger partial charge in [0.2, 0.25) is 0 Å². The minimum atomic E-state index is -1.01. The zero-order chi connectivity index (χ0) is 31.6. The van der Waals surface area contributed by atoms with Crippen molar-refractivity contribution in [1.29, 1.82) is 0 Å². The lowest BCUT2D eigenvalue weighted by atomic mass is 9.58. The Kier molecular flexibility index (Phi) is 11.2. The number of ketones is 1. The molecule has 2 aliphatic carbocycles. The normalized spacial score (nSPS) is 44.9. The van der Waals surface area contributed by atoms with E-state index in [0.29, 0.717) is 36.9 Å². The van der Waals surface area contributed by atoms with Gasteiger partial charge in [-0.2, -0.15) is 0 Å². The molecule has 0 radical (unpaired) electrons. The van der Waals surface area contributed by atoms with Gasteiger partial charge in [0.05, 0.1) is 49.2 Å². The van der Waals surface area contributed by atoms with Gasteiger partial charge in [-0.25, -0.2) is 4.79 Å². The van der Waals surface area contributed by atoms with Crippen LogP contribution in [0, 0.1) is 29.6 Å². The topological polar surface area (TPSA) is 147 Å². The van der Waals surface area contributed by atoms with Crippen molar-refractivity contribution in [3.05, 3.63) is 11.6 Å². The minimum absolute atomic E-state index is 0.0515. The Hall–Kier alpha value is -1.40. The van der Waals surface area contributed by atoms with Crippen LogP contribution >= 0.6 is 0 Å². The first-order valence-electron chi connectivity index (χ1n) is 17.2. The molecule has 11 unspecified atom stereocenters. The molecular weight excluding hydrogens is 564 g/mol. The smallest absolute Gasteiger partial charge is 0.333 e. The van der Waals surface area contributed by atoms with E-state index in [1.807, 2.05) is 13.8 Å². The van der Waals surface area contributed by atoms with E-state index in [4.69, 9.17) is 14.2 Å². The number of esters is 1. The largest absolute Gasteiger partial charge is 0.456 e. The van der Waals surface area contributed by atoms with E-state index in [0.717, 1.165) is 51.6 Å². The second-order valence-corrected chi connectivity index (χ2v) is 14.4. The number of allylic oxidation sites excluding steroid dienone is 1. The van der Waals surface area contributed by atoms with Crippen LogP contribution in [-0.4, -0.2) is 95.2 Å². The first-order valence-corrected chi connectivity index (χ1v) is 17.2. The standard InChI is InChI=1S/C34H56N2O8/c1-5-19(3)33(41)43-26-16-24-30(40)29-25(39)15-23(18-37)42-32(29)28(21-8-7-9-22(38)14-21)31(24)44-34(26,4)13-12-20-10-11-27(35-6-2)36-17-20/h5,20-24,26-32,35-38,40H,6-18H2,1-4H3/t20?,21?,22?,23?,24?,26-,27?,28?,29?,30?,31?,32?,34-/m1/s1. The van der Waals surface area contributed by atoms with Gasteiger partial charge in [0, 0.05) is 23.8 Å². The van der Waals surface area contributed by atoms with Gasteiger partial charge < -0.3 is 40.2 Å².